The third kappa shape index (κ3) is 5.64. The molecule has 0 aliphatic carbocycles. The van der Waals surface area contributed by atoms with E-state index < -0.39 is 0 Å². The highest BCUT2D eigenvalue weighted by Crippen LogP contribution is 2.23. The van der Waals surface area contributed by atoms with Gasteiger partial charge in [-0.25, -0.2) is 5.43 Å². The van der Waals surface area contributed by atoms with Crippen molar-refractivity contribution in [2.45, 2.75) is 13.8 Å². The molecule has 0 spiro atoms. The van der Waals surface area contributed by atoms with Gasteiger partial charge in [0.25, 0.3) is 0 Å². The molecule has 3 aromatic rings. The number of ether oxygens (including phenoxy) is 1. The molecular weight excluding hydrogens is 449 g/mol. The SMILES string of the molecule is Cc1ccc(C)c(Nc2nc(N/N=C\c3ccc(Cl)cc3Cl)nc(N3CCOCC3)n2)c1. The smallest absolute Gasteiger partial charge is 0.250 e. The summed E-state index contributed by atoms with van der Waals surface area (Å²) in [6.45, 7) is 6.74. The van der Waals surface area contributed by atoms with Crippen LogP contribution in [0, 0.1) is 13.8 Å². The summed E-state index contributed by atoms with van der Waals surface area (Å²) in [6.07, 6.45) is 1.59. The van der Waals surface area contributed by atoms with Crippen LogP contribution in [0.2, 0.25) is 10.0 Å². The summed E-state index contributed by atoms with van der Waals surface area (Å²) in [4.78, 5) is 15.7. The second-order valence-electron chi connectivity index (χ2n) is 7.36. The zero-order chi connectivity index (χ0) is 22.5. The predicted molar refractivity (Wildman–Crippen MR) is 130 cm³/mol. The number of nitrogens with one attached hydrogen (secondary N) is 2. The maximum atomic E-state index is 6.21. The van der Waals surface area contributed by atoms with Gasteiger partial charge in [-0.2, -0.15) is 20.1 Å². The molecule has 1 saturated heterocycles. The standard InChI is InChI=1S/C22H23Cl2N7O/c1-14-3-4-15(2)19(11-14)26-20-27-21(29-22(28-20)31-7-9-32-10-8-31)30-25-13-16-5-6-17(23)12-18(16)24/h3-6,11-13H,7-10H2,1-2H3,(H2,26,27,28,29,30)/b25-13-. The van der Waals surface area contributed by atoms with Gasteiger partial charge in [-0.15, -0.1) is 0 Å². The molecule has 0 bridgehead atoms. The molecule has 4 rings (SSSR count). The van der Waals surface area contributed by atoms with E-state index in [4.69, 9.17) is 27.9 Å². The monoisotopic (exact) mass is 471 g/mol. The summed E-state index contributed by atoms with van der Waals surface area (Å²) >= 11 is 12.2. The zero-order valence-electron chi connectivity index (χ0n) is 17.8. The summed E-state index contributed by atoms with van der Waals surface area (Å²) in [5, 5.41) is 8.62. The Morgan fingerprint density at radius 3 is 2.56 bits per heavy atom. The Hall–Kier alpha value is -2.94. The van der Waals surface area contributed by atoms with E-state index in [0.29, 0.717) is 54.2 Å². The van der Waals surface area contributed by atoms with Crippen molar-refractivity contribution in [1.82, 2.24) is 15.0 Å². The zero-order valence-corrected chi connectivity index (χ0v) is 19.3. The predicted octanol–water partition coefficient (Wildman–Crippen LogP) is 4.82. The first-order valence-electron chi connectivity index (χ1n) is 10.1. The molecular formula is C22H23Cl2N7O. The fraction of sp³-hybridized carbons (Fsp3) is 0.273. The number of benzene rings is 2. The van der Waals surface area contributed by atoms with Crippen LogP contribution in [0.4, 0.5) is 23.5 Å². The Labute approximate surface area is 196 Å². The van der Waals surface area contributed by atoms with E-state index >= 15 is 0 Å². The average Bonchev–Trinajstić information content (AvgIpc) is 2.78. The third-order valence-electron chi connectivity index (χ3n) is 4.89. The number of aryl methyl sites for hydroxylation is 2. The Morgan fingerprint density at radius 2 is 1.78 bits per heavy atom. The van der Waals surface area contributed by atoms with Crippen molar-refractivity contribution >= 4 is 52.9 Å². The molecule has 0 saturated carbocycles. The average molecular weight is 472 g/mol. The third-order valence-corrected chi connectivity index (χ3v) is 5.45. The number of nitrogens with zero attached hydrogens (tertiary/aromatic N) is 5. The number of anilines is 4. The number of aromatic nitrogens is 3. The van der Waals surface area contributed by atoms with Crippen LogP contribution in [0.3, 0.4) is 0 Å². The van der Waals surface area contributed by atoms with Crippen LogP contribution >= 0.6 is 23.2 Å². The van der Waals surface area contributed by atoms with Gasteiger partial charge in [0, 0.05) is 29.4 Å². The number of hydrogen-bond acceptors (Lipinski definition) is 8. The van der Waals surface area contributed by atoms with Gasteiger partial charge in [-0.05, 0) is 43.2 Å². The van der Waals surface area contributed by atoms with Crippen LogP contribution < -0.4 is 15.6 Å². The lowest BCUT2D eigenvalue weighted by atomic mass is 10.1. The van der Waals surface area contributed by atoms with Crippen molar-refractivity contribution in [3.8, 4) is 0 Å². The van der Waals surface area contributed by atoms with Gasteiger partial charge in [-0.1, -0.05) is 41.4 Å². The van der Waals surface area contributed by atoms with E-state index in [1.165, 1.54) is 0 Å². The molecule has 2 aromatic carbocycles. The normalized spacial score (nSPS) is 14.1. The van der Waals surface area contributed by atoms with Gasteiger partial charge < -0.3 is 15.0 Å². The van der Waals surface area contributed by atoms with E-state index in [1.807, 2.05) is 13.8 Å². The largest absolute Gasteiger partial charge is 0.378 e. The van der Waals surface area contributed by atoms with Crippen molar-refractivity contribution in [3.63, 3.8) is 0 Å². The molecule has 10 heteroatoms. The fourth-order valence-electron chi connectivity index (χ4n) is 3.13. The van der Waals surface area contributed by atoms with Gasteiger partial charge in [0.15, 0.2) is 0 Å². The molecule has 0 atom stereocenters. The topological polar surface area (TPSA) is 87.6 Å². The molecule has 1 aromatic heterocycles. The Kier molecular flexibility index (Phi) is 7.04. The van der Waals surface area contributed by atoms with Crippen molar-refractivity contribution in [1.29, 1.82) is 0 Å². The molecule has 8 nitrogen and oxygen atoms in total. The lowest BCUT2D eigenvalue weighted by Gasteiger charge is -2.27. The molecule has 166 valence electrons. The van der Waals surface area contributed by atoms with Crippen molar-refractivity contribution < 1.29 is 4.74 Å². The van der Waals surface area contributed by atoms with Gasteiger partial charge in [-0.3, -0.25) is 0 Å². The second-order valence-corrected chi connectivity index (χ2v) is 8.20. The number of morpholine rings is 1. The number of hydrogen-bond donors (Lipinski definition) is 2. The van der Waals surface area contributed by atoms with Crippen LogP contribution in [0.5, 0.6) is 0 Å². The molecule has 0 radical (unpaired) electrons. The van der Waals surface area contributed by atoms with E-state index in [9.17, 15) is 0 Å². The van der Waals surface area contributed by atoms with E-state index in [-0.39, 0.29) is 0 Å². The first-order valence-corrected chi connectivity index (χ1v) is 10.9. The molecule has 2 N–H and O–H groups in total. The van der Waals surface area contributed by atoms with Gasteiger partial charge >= 0.3 is 0 Å². The first-order chi connectivity index (χ1) is 15.5. The highest BCUT2D eigenvalue weighted by atomic mass is 35.5. The first kappa shape index (κ1) is 22.3. The summed E-state index contributed by atoms with van der Waals surface area (Å²) in [5.41, 5.74) is 6.78. The maximum Gasteiger partial charge on any atom is 0.250 e. The minimum atomic E-state index is 0.315. The quantitative estimate of drug-likeness (QED) is 0.393. The Balaban J connectivity index is 1.60. The van der Waals surface area contributed by atoms with Gasteiger partial charge in [0.2, 0.25) is 17.8 Å². The van der Waals surface area contributed by atoms with E-state index in [0.717, 1.165) is 22.4 Å². The summed E-state index contributed by atoms with van der Waals surface area (Å²) in [7, 11) is 0. The number of rotatable bonds is 6. The minimum absolute atomic E-state index is 0.315. The lowest BCUT2D eigenvalue weighted by Crippen LogP contribution is -2.37. The Morgan fingerprint density at radius 1 is 1.00 bits per heavy atom. The highest BCUT2D eigenvalue weighted by Gasteiger charge is 2.17. The van der Waals surface area contributed by atoms with Crippen LogP contribution in [0.25, 0.3) is 0 Å². The van der Waals surface area contributed by atoms with E-state index in [2.05, 4.69) is 53.9 Å². The van der Waals surface area contributed by atoms with Gasteiger partial charge in [0.05, 0.1) is 24.5 Å². The van der Waals surface area contributed by atoms with Crippen molar-refractivity contribution in [2.75, 3.05) is 41.9 Å². The number of hydrazone groups is 1. The Bertz CT molecular complexity index is 1130. The molecule has 1 fully saturated rings. The summed E-state index contributed by atoms with van der Waals surface area (Å²) in [5.74, 6) is 1.30. The van der Waals surface area contributed by atoms with Crippen LogP contribution in [-0.2, 0) is 4.74 Å². The molecule has 0 amide bonds. The number of halogens is 2. The minimum Gasteiger partial charge on any atom is -0.378 e. The molecule has 2 heterocycles. The highest BCUT2D eigenvalue weighted by molar-refractivity contribution is 6.36. The molecule has 1 aliphatic rings. The molecule has 0 unspecified atom stereocenters. The van der Waals surface area contributed by atoms with Crippen molar-refractivity contribution in [3.05, 3.63) is 63.1 Å². The molecule has 1 aliphatic heterocycles. The second kappa shape index (κ2) is 10.1. The van der Waals surface area contributed by atoms with Crippen LogP contribution in [0.1, 0.15) is 16.7 Å². The molecule has 32 heavy (non-hydrogen) atoms. The van der Waals surface area contributed by atoms with Crippen LogP contribution in [-0.4, -0.2) is 47.5 Å². The lowest BCUT2D eigenvalue weighted by molar-refractivity contribution is 0.122. The van der Waals surface area contributed by atoms with Gasteiger partial charge in [0.1, 0.15) is 0 Å². The fourth-order valence-corrected chi connectivity index (χ4v) is 3.59. The van der Waals surface area contributed by atoms with Crippen molar-refractivity contribution in [2.24, 2.45) is 5.10 Å². The summed E-state index contributed by atoms with van der Waals surface area (Å²) < 4.78 is 5.45. The van der Waals surface area contributed by atoms with Crippen LogP contribution in [0.15, 0.2) is 41.5 Å². The maximum absolute atomic E-state index is 6.21. The van der Waals surface area contributed by atoms with E-state index in [1.54, 1.807) is 24.4 Å². The summed E-state index contributed by atoms with van der Waals surface area (Å²) in [6, 6.07) is 11.4.